The van der Waals surface area contributed by atoms with Crippen LogP contribution in [0.25, 0.3) is 0 Å². The topological polar surface area (TPSA) is 103 Å². The SMILES string of the molecule is C[C@@H](C#N)OC(=O)c1ccccc1SCC(=O)Nc1cccc(C#N)c1. The van der Waals surface area contributed by atoms with Crippen molar-refractivity contribution in [2.75, 3.05) is 11.1 Å². The van der Waals surface area contributed by atoms with Gasteiger partial charge in [0.2, 0.25) is 5.91 Å². The van der Waals surface area contributed by atoms with Gasteiger partial charge in [0.1, 0.15) is 6.07 Å². The molecule has 0 radical (unpaired) electrons. The summed E-state index contributed by atoms with van der Waals surface area (Å²) in [5.41, 5.74) is 1.29. The molecule has 2 aromatic rings. The van der Waals surface area contributed by atoms with E-state index in [1.54, 1.807) is 48.5 Å². The lowest BCUT2D eigenvalue weighted by Gasteiger charge is -2.10. The maximum atomic E-state index is 12.1. The molecule has 1 N–H and O–H groups in total. The number of rotatable bonds is 6. The van der Waals surface area contributed by atoms with Crippen LogP contribution >= 0.6 is 11.8 Å². The minimum absolute atomic E-state index is 0.0783. The maximum absolute atomic E-state index is 12.1. The fraction of sp³-hybridized carbons (Fsp3) is 0.158. The predicted molar refractivity (Wildman–Crippen MR) is 97.4 cm³/mol. The molecule has 0 bridgehead atoms. The molecule has 0 aliphatic heterocycles. The van der Waals surface area contributed by atoms with Crippen molar-refractivity contribution in [1.29, 1.82) is 10.5 Å². The van der Waals surface area contributed by atoms with Gasteiger partial charge in [-0.15, -0.1) is 11.8 Å². The van der Waals surface area contributed by atoms with Gasteiger partial charge in [0.15, 0.2) is 6.10 Å². The highest BCUT2D eigenvalue weighted by Crippen LogP contribution is 2.24. The highest BCUT2D eigenvalue weighted by atomic mass is 32.2. The molecule has 0 aliphatic carbocycles. The second-order valence-electron chi connectivity index (χ2n) is 5.20. The maximum Gasteiger partial charge on any atom is 0.340 e. The third-order valence-corrected chi connectivity index (χ3v) is 4.28. The number of nitriles is 2. The lowest BCUT2D eigenvalue weighted by Crippen LogP contribution is -2.16. The van der Waals surface area contributed by atoms with Gasteiger partial charge in [-0.05, 0) is 37.3 Å². The zero-order valence-electron chi connectivity index (χ0n) is 13.9. The Balaban J connectivity index is 2.01. The summed E-state index contributed by atoms with van der Waals surface area (Å²) in [5.74, 6) is -0.794. The second kappa shape index (κ2) is 9.26. The molecule has 0 heterocycles. The Morgan fingerprint density at radius 3 is 2.69 bits per heavy atom. The van der Waals surface area contributed by atoms with Crippen molar-refractivity contribution in [3.8, 4) is 12.1 Å². The van der Waals surface area contributed by atoms with Gasteiger partial charge in [0.05, 0.1) is 22.9 Å². The van der Waals surface area contributed by atoms with Gasteiger partial charge in [-0.3, -0.25) is 4.79 Å². The Hall–Kier alpha value is -3.29. The quantitative estimate of drug-likeness (QED) is 0.622. The fourth-order valence-corrected chi connectivity index (χ4v) is 2.86. The molecule has 0 unspecified atom stereocenters. The lowest BCUT2D eigenvalue weighted by atomic mass is 10.2. The molecule has 0 aromatic heterocycles. The van der Waals surface area contributed by atoms with Crippen LogP contribution in [0.15, 0.2) is 53.4 Å². The Kier molecular flexibility index (Phi) is 6.78. The highest BCUT2D eigenvalue weighted by Gasteiger charge is 2.16. The van der Waals surface area contributed by atoms with Gasteiger partial charge in [0, 0.05) is 10.6 Å². The van der Waals surface area contributed by atoms with E-state index in [-0.39, 0.29) is 11.7 Å². The predicted octanol–water partition coefficient (Wildman–Crippen LogP) is 3.36. The summed E-state index contributed by atoms with van der Waals surface area (Å²) in [6.07, 6.45) is -0.851. The molecule has 0 saturated heterocycles. The third-order valence-electron chi connectivity index (χ3n) is 3.21. The van der Waals surface area contributed by atoms with Crippen molar-refractivity contribution in [3.05, 3.63) is 59.7 Å². The standard InChI is InChI=1S/C19H15N3O3S/c1-13(10-20)25-19(24)16-7-2-3-8-17(16)26-12-18(23)22-15-6-4-5-14(9-15)11-21/h2-9,13H,12H2,1H3,(H,22,23)/t13-/m0/s1. The molecular weight excluding hydrogens is 350 g/mol. The van der Waals surface area contributed by atoms with Crippen molar-refractivity contribution in [1.82, 2.24) is 0 Å². The molecule has 2 rings (SSSR count). The number of anilines is 1. The van der Waals surface area contributed by atoms with Gasteiger partial charge in [0.25, 0.3) is 0 Å². The minimum Gasteiger partial charge on any atom is -0.444 e. The van der Waals surface area contributed by atoms with Crippen LogP contribution in [0.5, 0.6) is 0 Å². The Labute approximate surface area is 155 Å². The highest BCUT2D eigenvalue weighted by molar-refractivity contribution is 8.00. The molecular formula is C19H15N3O3S. The molecule has 2 aromatic carbocycles. The summed E-state index contributed by atoms with van der Waals surface area (Å²) in [7, 11) is 0. The molecule has 1 amide bonds. The first-order chi connectivity index (χ1) is 12.5. The number of hydrogen-bond donors (Lipinski definition) is 1. The third kappa shape index (κ3) is 5.37. The fourth-order valence-electron chi connectivity index (χ4n) is 2.02. The first-order valence-electron chi connectivity index (χ1n) is 7.66. The van der Waals surface area contributed by atoms with Crippen LogP contribution in [-0.4, -0.2) is 23.7 Å². The lowest BCUT2D eigenvalue weighted by molar-refractivity contribution is -0.113. The van der Waals surface area contributed by atoms with Crippen molar-refractivity contribution < 1.29 is 14.3 Å². The molecule has 6 nitrogen and oxygen atoms in total. The van der Waals surface area contributed by atoms with Gasteiger partial charge in [-0.25, -0.2) is 4.79 Å². The van der Waals surface area contributed by atoms with E-state index >= 15 is 0 Å². The van der Waals surface area contributed by atoms with Crippen molar-refractivity contribution in [2.45, 2.75) is 17.9 Å². The molecule has 130 valence electrons. The number of carbonyl (C=O) groups excluding carboxylic acids is 2. The van der Waals surface area contributed by atoms with E-state index in [2.05, 4.69) is 5.32 Å². The summed E-state index contributed by atoms with van der Waals surface area (Å²) >= 11 is 1.19. The van der Waals surface area contributed by atoms with Gasteiger partial charge in [-0.2, -0.15) is 10.5 Å². The van der Waals surface area contributed by atoms with Gasteiger partial charge < -0.3 is 10.1 Å². The van der Waals surface area contributed by atoms with Gasteiger partial charge >= 0.3 is 5.97 Å². The summed E-state index contributed by atoms with van der Waals surface area (Å²) < 4.78 is 5.01. The van der Waals surface area contributed by atoms with Crippen molar-refractivity contribution in [3.63, 3.8) is 0 Å². The van der Waals surface area contributed by atoms with Crippen molar-refractivity contribution in [2.24, 2.45) is 0 Å². The zero-order valence-corrected chi connectivity index (χ0v) is 14.7. The van der Waals surface area contributed by atoms with Crippen LogP contribution in [0.2, 0.25) is 0 Å². The number of benzene rings is 2. The number of thioether (sulfide) groups is 1. The van der Waals surface area contributed by atoms with Crippen LogP contribution in [-0.2, 0) is 9.53 Å². The zero-order chi connectivity index (χ0) is 18.9. The number of hydrogen-bond acceptors (Lipinski definition) is 6. The smallest absolute Gasteiger partial charge is 0.340 e. The summed E-state index contributed by atoms with van der Waals surface area (Å²) in [6.45, 7) is 1.48. The Bertz CT molecular complexity index is 899. The number of nitrogens with one attached hydrogen (secondary N) is 1. The molecule has 26 heavy (non-hydrogen) atoms. The van der Waals surface area contributed by atoms with Crippen LogP contribution in [0.4, 0.5) is 5.69 Å². The summed E-state index contributed by atoms with van der Waals surface area (Å²) in [4.78, 5) is 24.8. The number of ether oxygens (including phenoxy) is 1. The number of nitrogens with zero attached hydrogens (tertiary/aromatic N) is 2. The normalized spacial score (nSPS) is 10.9. The first kappa shape index (κ1) is 19.0. The number of carbonyl (C=O) groups is 2. The molecule has 0 fully saturated rings. The van der Waals surface area contributed by atoms with Crippen molar-refractivity contribution >= 4 is 29.3 Å². The van der Waals surface area contributed by atoms with Crippen LogP contribution < -0.4 is 5.32 Å². The van der Waals surface area contributed by atoms with E-state index in [1.807, 2.05) is 12.1 Å². The van der Waals surface area contributed by atoms with E-state index in [9.17, 15) is 9.59 Å². The van der Waals surface area contributed by atoms with E-state index in [0.29, 0.717) is 21.7 Å². The first-order valence-corrected chi connectivity index (χ1v) is 8.64. The van der Waals surface area contributed by atoms with Crippen LogP contribution in [0.3, 0.4) is 0 Å². The van der Waals surface area contributed by atoms with Crippen LogP contribution in [0.1, 0.15) is 22.8 Å². The van der Waals surface area contributed by atoms with E-state index in [0.717, 1.165) is 0 Å². The number of esters is 1. The van der Waals surface area contributed by atoms with Crippen LogP contribution in [0, 0.1) is 22.7 Å². The Morgan fingerprint density at radius 1 is 1.19 bits per heavy atom. The largest absolute Gasteiger partial charge is 0.444 e. The monoisotopic (exact) mass is 365 g/mol. The summed E-state index contributed by atoms with van der Waals surface area (Å²) in [6, 6.07) is 17.2. The molecule has 7 heteroatoms. The average Bonchev–Trinajstić information content (AvgIpc) is 2.66. The second-order valence-corrected chi connectivity index (χ2v) is 6.22. The van der Waals surface area contributed by atoms with E-state index in [1.165, 1.54) is 18.7 Å². The number of amides is 1. The van der Waals surface area contributed by atoms with E-state index < -0.39 is 12.1 Å². The molecule has 0 saturated carbocycles. The Morgan fingerprint density at radius 2 is 1.96 bits per heavy atom. The average molecular weight is 365 g/mol. The molecule has 0 aliphatic rings. The summed E-state index contributed by atoms with van der Waals surface area (Å²) in [5, 5.41) is 20.3. The molecule has 0 spiro atoms. The molecule has 1 atom stereocenters. The minimum atomic E-state index is -0.851. The van der Waals surface area contributed by atoms with E-state index in [4.69, 9.17) is 15.3 Å². The van der Waals surface area contributed by atoms with Gasteiger partial charge in [-0.1, -0.05) is 18.2 Å².